The Morgan fingerprint density at radius 2 is 1.46 bits per heavy atom. The average Bonchev–Trinajstić information content (AvgIpc) is 2.11. The minimum Gasteiger partial charge on any atom is -0.273 e. The smallest absolute Gasteiger partial charge is 0.0379 e. The summed E-state index contributed by atoms with van der Waals surface area (Å²) in [6.07, 6.45) is 10.0. The minimum absolute atomic E-state index is 0. The number of hydrogen-bond donors (Lipinski definition) is 0. The predicted octanol–water partition coefficient (Wildman–Crippen LogP) is 3.94. The van der Waals surface area contributed by atoms with Crippen LogP contribution in [-0.2, 0) is 25.8 Å². The molecule has 0 aromatic heterocycles. The Labute approximate surface area is 121 Å². The SMILES string of the molecule is C[Si](C)C.Cl.Cl.Cl.[C-]1=CC=CC1.[Hf]. The number of halogens is 3. The zero-order valence-electron chi connectivity index (χ0n) is 8.16. The van der Waals surface area contributed by atoms with E-state index in [9.17, 15) is 0 Å². The Kier molecular flexibility index (Phi) is 52.5. The molecule has 0 fully saturated rings. The maximum absolute atomic E-state index is 2.99. The maximum Gasteiger partial charge on any atom is 0.0379 e. The molecule has 0 amide bonds. The van der Waals surface area contributed by atoms with Crippen LogP contribution in [0.3, 0.4) is 0 Å². The first-order chi connectivity index (χ1) is 4.23. The van der Waals surface area contributed by atoms with Gasteiger partial charge in [0.2, 0.25) is 0 Å². The molecule has 1 rings (SSSR count). The Morgan fingerprint density at radius 3 is 1.54 bits per heavy atom. The van der Waals surface area contributed by atoms with Gasteiger partial charge in [0.25, 0.3) is 0 Å². The first-order valence-corrected chi connectivity index (χ1v) is 6.22. The van der Waals surface area contributed by atoms with Gasteiger partial charge in [-0.1, -0.05) is 19.6 Å². The summed E-state index contributed by atoms with van der Waals surface area (Å²) in [5, 5.41) is 0. The third kappa shape index (κ3) is 42.4. The van der Waals surface area contributed by atoms with Gasteiger partial charge in [0, 0.05) is 34.6 Å². The molecule has 79 valence electrons. The van der Waals surface area contributed by atoms with Crippen molar-refractivity contribution >= 4 is 46.0 Å². The van der Waals surface area contributed by atoms with Gasteiger partial charge in [-0.25, -0.2) is 12.2 Å². The summed E-state index contributed by atoms with van der Waals surface area (Å²) < 4.78 is 0. The second-order valence-electron chi connectivity index (χ2n) is 2.50. The third-order valence-corrected chi connectivity index (χ3v) is 0.586. The summed E-state index contributed by atoms with van der Waals surface area (Å²) in [5.41, 5.74) is 0. The normalized spacial score (nSPS) is 9.54. The molecule has 5 heteroatoms. The van der Waals surface area contributed by atoms with Crippen LogP contribution in [0.1, 0.15) is 6.42 Å². The zero-order chi connectivity index (χ0) is 7.11. The molecule has 0 unspecified atom stereocenters. The number of hydrogen-bond acceptors (Lipinski definition) is 0. The van der Waals surface area contributed by atoms with E-state index < -0.39 is 0 Å². The molecule has 0 saturated heterocycles. The van der Waals surface area contributed by atoms with Crippen molar-refractivity contribution in [1.82, 2.24) is 0 Å². The number of rotatable bonds is 0. The van der Waals surface area contributed by atoms with E-state index in [2.05, 4.69) is 31.8 Å². The molecule has 0 nitrogen and oxygen atoms in total. The fraction of sp³-hybridized carbons (Fsp3) is 0.500. The van der Waals surface area contributed by atoms with E-state index in [1.165, 1.54) is 0 Å². The van der Waals surface area contributed by atoms with E-state index in [-0.39, 0.29) is 71.9 Å². The summed E-state index contributed by atoms with van der Waals surface area (Å²) in [6.45, 7) is 6.81. The van der Waals surface area contributed by atoms with Crippen LogP contribution in [0.4, 0.5) is 0 Å². The molecule has 0 aromatic carbocycles. The van der Waals surface area contributed by atoms with Crippen molar-refractivity contribution in [2.24, 2.45) is 0 Å². The van der Waals surface area contributed by atoms with Crippen molar-refractivity contribution in [3.8, 4) is 0 Å². The zero-order valence-corrected chi connectivity index (χ0v) is 15.2. The monoisotopic (exact) mass is 426 g/mol. The standard InChI is InChI=1S/C5H5.C3H9Si.3ClH.Hf/c1-2-4-5-3-1;1-4(2)3;;;;/h1-3H,4H2;1-3H3;3*1H;/q-1;;;;;. The largest absolute Gasteiger partial charge is 0.273 e. The van der Waals surface area contributed by atoms with E-state index in [1.807, 2.05) is 12.2 Å². The minimum atomic E-state index is 0. The Balaban J connectivity index is -0.0000000256. The summed E-state index contributed by atoms with van der Waals surface area (Å²) in [7, 11) is 0.120. The molecule has 0 aromatic rings. The Morgan fingerprint density at radius 1 is 1.08 bits per heavy atom. The van der Waals surface area contributed by atoms with Gasteiger partial charge in [-0.05, 0) is 0 Å². The summed E-state index contributed by atoms with van der Waals surface area (Å²) >= 11 is 0. The van der Waals surface area contributed by atoms with E-state index in [4.69, 9.17) is 0 Å². The van der Waals surface area contributed by atoms with Crippen molar-refractivity contribution in [3.05, 3.63) is 24.3 Å². The molecule has 0 spiro atoms. The van der Waals surface area contributed by atoms with Crippen molar-refractivity contribution in [1.29, 1.82) is 0 Å². The van der Waals surface area contributed by atoms with E-state index >= 15 is 0 Å². The van der Waals surface area contributed by atoms with Gasteiger partial charge in [-0.2, -0.15) is 6.08 Å². The molecular weight excluding hydrogens is 409 g/mol. The first-order valence-electron chi connectivity index (χ1n) is 3.22. The van der Waals surface area contributed by atoms with Gasteiger partial charge in [0.1, 0.15) is 0 Å². The molecule has 13 heavy (non-hydrogen) atoms. The Bertz CT molecular complexity index is 103. The predicted molar refractivity (Wildman–Crippen MR) is 66.7 cm³/mol. The molecule has 0 N–H and O–H groups in total. The first kappa shape index (κ1) is 29.3. The van der Waals surface area contributed by atoms with Crippen molar-refractivity contribution in [3.63, 3.8) is 0 Å². The fourth-order valence-corrected chi connectivity index (χ4v) is 0.340. The van der Waals surface area contributed by atoms with Crippen LogP contribution in [-0.4, -0.2) is 8.80 Å². The van der Waals surface area contributed by atoms with Crippen molar-refractivity contribution in [2.45, 2.75) is 26.1 Å². The van der Waals surface area contributed by atoms with Gasteiger partial charge in [-0.15, -0.1) is 43.6 Å². The van der Waals surface area contributed by atoms with Crippen molar-refractivity contribution < 1.29 is 25.8 Å². The molecule has 1 aliphatic rings. The molecule has 0 bridgehead atoms. The molecule has 1 radical (unpaired) electrons. The molecular formula is C8H17Cl3HfSi-. The van der Waals surface area contributed by atoms with Crippen LogP contribution < -0.4 is 0 Å². The summed E-state index contributed by atoms with van der Waals surface area (Å²) in [5.74, 6) is 0. The van der Waals surface area contributed by atoms with E-state index in [0.29, 0.717) is 0 Å². The van der Waals surface area contributed by atoms with E-state index in [1.54, 1.807) is 0 Å². The third-order valence-electron chi connectivity index (χ3n) is 0.586. The van der Waals surface area contributed by atoms with Gasteiger partial charge < -0.3 is 0 Å². The summed E-state index contributed by atoms with van der Waals surface area (Å²) in [6, 6.07) is 0. The average molecular weight is 426 g/mol. The van der Waals surface area contributed by atoms with Gasteiger partial charge in [0.15, 0.2) is 0 Å². The van der Waals surface area contributed by atoms with Crippen LogP contribution >= 0.6 is 37.2 Å². The van der Waals surface area contributed by atoms with E-state index in [0.717, 1.165) is 6.42 Å². The molecule has 0 heterocycles. The van der Waals surface area contributed by atoms with Gasteiger partial charge >= 0.3 is 0 Å². The van der Waals surface area contributed by atoms with Crippen LogP contribution in [0.25, 0.3) is 0 Å². The second-order valence-corrected chi connectivity index (χ2v) is 5.50. The fourth-order valence-electron chi connectivity index (χ4n) is 0.340. The van der Waals surface area contributed by atoms with Gasteiger partial charge in [0.05, 0.1) is 0 Å². The number of allylic oxidation sites excluding steroid dienone is 4. The van der Waals surface area contributed by atoms with Crippen LogP contribution in [0.2, 0.25) is 19.6 Å². The molecule has 1 aliphatic carbocycles. The topological polar surface area (TPSA) is 0 Å². The molecule has 0 saturated carbocycles. The quantitative estimate of drug-likeness (QED) is 0.407. The molecule has 0 atom stereocenters. The summed E-state index contributed by atoms with van der Waals surface area (Å²) in [4.78, 5) is 0. The van der Waals surface area contributed by atoms with Gasteiger partial charge in [-0.3, -0.25) is 6.08 Å². The van der Waals surface area contributed by atoms with Crippen LogP contribution in [0.5, 0.6) is 0 Å². The van der Waals surface area contributed by atoms with Crippen LogP contribution in [0.15, 0.2) is 18.2 Å². The maximum atomic E-state index is 2.99. The van der Waals surface area contributed by atoms with Crippen LogP contribution in [0, 0.1) is 6.08 Å². The molecule has 0 aliphatic heterocycles. The Hall–Kier alpha value is 1.44. The van der Waals surface area contributed by atoms with Crippen molar-refractivity contribution in [2.75, 3.05) is 0 Å². The second kappa shape index (κ2) is 23.3.